The molecule has 9 nitrogen and oxygen atoms in total. The number of esters is 2. The lowest BCUT2D eigenvalue weighted by Crippen LogP contribution is -2.28. The first kappa shape index (κ1) is 49.2. The van der Waals surface area contributed by atoms with Gasteiger partial charge in [-0.3, -0.25) is 14.4 Å². The fraction of sp³-hybridized carbons (Fsp3) is 0.886. The smallest absolute Gasteiger partial charge is 0.306 e. The molecule has 1 aliphatic rings. The minimum atomic E-state index is -0.892. The molecule has 0 aliphatic heterocycles. The molecule has 4 N–H and O–H groups in total. The first-order chi connectivity index (χ1) is 25.7. The minimum absolute atomic E-state index is 0.0412. The summed E-state index contributed by atoms with van der Waals surface area (Å²) in [4.78, 5) is 37.2. The quantitative estimate of drug-likeness (QED) is 0.0279. The lowest BCUT2D eigenvalue weighted by molar-refractivity contribution is -0.161. The van der Waals surface area contributed by atoms with E-state index in [1.165, 1.54) is 96.3 Å². The van der Waals surface area contributed by atoms with E-state index in [1.54, 1.807) is 12.2 Å². The molecule has 0 spiro atoms. The molecule has 0 amide bonds. The molecule has 0 aromatic rings. The van der Waals surface area contributed by atoms with E-state index < -0.39 is 48.9 Å². The van der Waals surface area contributed by atoms with Gasteiger partial charge in [-0.15, -0.1) is 0 Å². The maximum atomic E-state index is 12.7. The molecule has 0 saturated heterocycles. The second-order valence-electron chi connectivity index (χ2n) is 15.7. The van der Waals surface area contributed by atoms with Crippen LogP contribution in [0.15, 0.2) is 12.2 Å². The van der Waals surface area contributed by atoms with Crippen LogP contribution in [0.25, 0.3) is 0 Å². The number of hydrogen-bond acceptors (Lipinski definition) is 9. The van der Waals surface area contributed by atoms with Crippen molar-refractivity contribution in [2.24, 2.45) is 11.8 Å². The fourth-order valence-corrected chi connectivity index (χ4v) is 7.37. The van der Waals surface area contributed by atoms with E-state index in [9.17, 15) is 34.8 Å². The number of Topliss-reactive ketones (excluding diaryl/α,β-unsaturated/α-hetero) is 1. The Morgan fingerprint density at radius 2 is 1.11 bits per heavy atom. The molecule has 1 saturated carbocycles. The number of unbranched alkanes of at least 4 members (excludes halogenated alkanes) is 20. The van der Waals surface area contributed by atoms with E-state index in [-0.39, 0.29) is 50.4 Å². The largest absolute Gasteiger partial charge is 0.462 e. The van der Waals surface area contributed by atoms with E-state index in [1.807, 2.05) is 0 Å². The van der Waals surface area contributed by atoms with Crippen molar-refractivity contribution in [1.29, 1.82) is 0 Å². The van der Waals surface area contributed by atoms with Crippen LogP contribution in [0.3, 0.4) is 0 Å². The molecule has 9 heteroatoms. The summed E-state index contributed by atoms with van der Waals surface area (Å²) in [6.45, 7) is 3.73. The van der Waals surface area contributed by atoms with Crippen molar-refractivity contribution >= 4 is 17.7 Å². The molecule has 0 aromatic carbocycles. The van der Waals surface area contributed by atoms with Gasteiger partial charge >= 0.3 is 11.9 Å². The van der Waals surface area contributed by atoms with Crippen LogP contribution >= 0.6 is 0 Å². The Labute approximate surface area is 323 Å². The van der Waals surface area contributed by atoms with Gasteiger partial charge in [0.25, 0.3) is 0 Å². The van der Waals surface area contributed by atoms with Crippen LogP contribution in [0, 0.1) is 11.8 Å². The van der Waals surface area contributed by atoms with Crippen molar-refractivity contribution in [3.63, 3.8) is 0 Å². The average molecular weight is 753 g/mol. The molecule has 1 rings (SSSR count). The Balaban J connectivity index is 2.07. The molecule has 0 unspecified atom stereocenters. The van der Waals surface area contributed by atoms with E-state index in [0.717, 1.165) is 38.5 Å². The second kappa shape index (κ2) is 33.5. The highest BCUT2D eigenvalue weighted by Crippen LogP contribution is 2.36. The summed E-state index contributed by atoms with van der Waals surface area (Å²) in [6.07, 6.45) is 29.0. The predicted octanol–water partition coefficient (Wildman–Crippen LogP) is 9.24. The standard InChI is InChI=1S/C44H80O9/c1-3-5-7-8-9-10-11-12-13-14-15-16-17-18-19-20-21-23-29-44(51)53-38(34-45)35-52-43(50)28-25-24-27-37(47)32-40-39(41(48)33-42(40)49)31-30-36(46)26-22-6-4-2/h30-31,36,38-42,45-46,48-49H,3-29,32-35H2,1-2H3/b31-30+/t36-,38-,39+,40+,41+,42-/m0/s1. The zero-order valence-corrected chi connectivity index (χ0v) is 33.9. The highest BCUT2D eigenvalue weighted by Gasteiger charge is 2.41. The Bertz CT molecular complexity index is 938. The van der Waals surface area contributed by atoms with Gasteiger partial charge in [0.05, 0.1) is 24.9 Å². The van der Waals surface area contributed by atoms with E-state index in [4.69, 9.17) is 9.47 Å². The van der Waals surface area contributed by atoms with Crippen LogP contribution in [-0.2, 0) is 23.9 Å². The molecule has 310 valence electrons. The maximum Gasteiger partial charge on any atom is 0.306 e. The van der Waals surface area contributed by atoms with Crippen LogP contribution in [0.5, 0.6) is 0 Å². The number of hydrogen-bond donors (Lipinski definition) is 4. The summed E-state index contributed by atoms with van der Waals surface area (Å²) in [5.74, 6) is -1.70. The van der Waals surface area contributed by atoms with Crippen LogP contribution in [0.4, 0.5) is 0 Å². The molecule has 1 aliphatic carbocycles. The molecule has 53 heavy (non-hydrogen) atoms. The van der Waals surface area contributed by atoms with E-state index in [0.29, 0.717) is 19.3 Å². The third kappa shape index (κ3) is 26.6. The Hall–Kier alpha value is -1.81. The predicted molar refractivity (Wildman–Crippen MR) is 212 cm³/mol. The van der Waals surface area contributed by atoms with Crippen molar-refractivity contribution < 1.29 is 44.3 Å². The summed E-state index contributed by atoms with van der Waals surface area (Å²) in [7, 11) is 0. The normalized spacial score (nSPS) is 19.8. The van der Waals surface area contributed by atoms with Gasteiger partial charge in [-0.1, -0.05) is 154 Å². The van der Waals surface area contributed by atoms with Crippen molar-refractivity contribution in [3.05, 3.63) is 12.2 Å². The van der Waals surface area contributed by atoms with Gasteiger partial charge in [0.1, 0.15) is 12.4 Å². The number of carbonyl (C=O) groups excluding carboxylic acids is 3. The Kier molecular flexibility index (Phi) is 31.1. The van der Waals surface area contributed by atoms with Crippen LogP contribution in [-0.4, -0.2) is 75.8 Å². The van der Waals surface area contributed by atoms with E-state index >= 15 is 0 Å². The fourth-order valence-electron chi connectivity index (χ4n) is 7.37. The number of ketones is 1. The van der Waals surface area contributed by atoms with Gasteiger partial charge in [-0.2, -0.15) is 0 Å². The van der Waals surface area contributed by atoms with Crippen LogP contribution in [0.1, 0.15) is 200 Å². The third-order valence-corrected chi connectivity index (χ3v) is 10.8. The molecule has 0 radical (unpaired) electrons. The highest BCUT2D eigenvalue weighted by molar-refractivity contribution is 5.79. The van der Waals surface area contributed by atoms with Gasteiger partial charge in [-0.05, 0) is 25.7 Å². The average Bonchev–Trinajstić information content (AvgIpc) is 3.40. The zero-order chi connectivity index (χ0) is 38.9. The highest BCUT2D eigenvalue weighted by atomic mass is 16.6. The second-order valence-corrected chi connectivity index (χ2v) is 15.7. The molecule has 0 bridgehead atoms. The van der Waals surface area contributed by atoms with Gasteiger partial charge in [-0.25, -0.2) is 0 Å². The van der Waals surface area contributed by atoms with Gasteiger partial charge in [0, 0.05) is 43.9 Å². The zero-order valence-electron chi connectivity index (χ0n) is 33.9. The van der Waals surface area contributed by atoms with Crippen LogP contribution in [0.2, 0.25) is 0 Å². The summed E-state index contributed by atoms with van der Waals surface area (Å²) >= 11 is 0. The Morgan fingerprint density at radius 1 is 0.642 bits per heavy atom. The van der Waals surface area contributed by atoms with Crippen LogP contribution < -0.4 is 0 Å². The maximum absolute atomic E-state index is 12.7. The van der Waals surface area contributed by atoms with Crippen molar-refractivity contribution in [2.75, 3.05) is 13.2 Å². The van der Waals surface area contributed by atoms with Crippen molar-refractivity contribution in [1.82, 2.24) is 0 Å². The number of carbonyl (C=O) groups is 3. The van der Waals surface area contributed by atoms with Crippen molar-refractivity contribution in [2.45, 2.75) is 224 Å². The summed E-state index contributed by atoms with van der Waals surface area (Å²) in [5, 5.41) is 40.7. The number of rotatable bonds is 36. The molecule has 1 fully saturated rings. The molecule has 0 heterocycles. The first-order valence-corrected chi connectivity index (χ1v) is 21.9. The summed E-state index contributed by atoms with van der Waals surface area (Å²) in [5.41, 5.74) is 0. The number of aliphatic hydroxyl groups is 4. The third-order valence-electron chi connectivity index (χ3n) is 10.8. The number of ether oxygens (including phenoxy) is 2. The molecule has 6 atom stereocenters. The summed E-state index contributed by atoms with van der Waals surface area (Å²) in [6, 6.07) is 0. The first-order valence-electron chi connectivity index (χ1n) is 21.9. The lowest BCUT2D eigenvalue weighted by Gasteiger charge is -2.20. The van der Waals surface area contributed by atoms with E-state index in [2.05, 4.69) is 13.8 Å². The summed E-state index contributed by atoms with van der Waals surface area (Å²) < 4.78 is 10.5. The molecule has 0 aromatic heterocycles. The van der Waals surface area contributed by atoms with Crippen molar-refractivity contribution in [3.8, 4) is 0 Å². The molecular formula is C44H80O9. The van der Waals surface area contributed by atoms with Gasteiger partial charge in [0.15, 0.2) is 6.10 Å². The number of aliphatic hydroxyl groups excluding tert-OH is 4. The Morgan fingerprint density at radius 3 is 1.66 bits per heavy atom. The topological polar surface area (TPSA) is 151 Å². The minimum Gasteiger partial charge on any atom is -0.462 e. The monoisotopic (exact) mass is 753 g/mol. The van der Waals surface area contributed by atoms with Gasteiger partial charge in [0.2, 0.25) is 0 Å². The molecular weight excluding hydrogens is 672 g/mol. The lowest BCUT2D eigenvalue weighted by atomic mass is 9.87. The SMILES string of the molecule is CCCCCCCCCCCCCCCCCCCCC(=O)O[C@@H](CO)COC(=O)CCCCC(=O)C[C@@H]1[C@@H](/C=C/[C@@H](O)CCCCC)[C@H](O)C[C@@H]1O. The van der Waals surface area contributed by atoms with Gasteiger partial charge < -0.3 is 29.9 Å².